The van der Waals surface area contributed by atoms with Crippen LogP contribution in [0.5, 0.6) is 0 Å². The van der Waals surface area contributed by atoms with Crippen LogP contribution in [0, 0.1) is 0 Å². The van der Waals surface area contributed by atoms with E-state index in [0.29, 0.717) is 0 Å². The molecule has 10 aromatic carbocycles. The van der Waals surface area contributed by atoms with Crippen molar-refractivity contribution in [3.63, 3.8) is 0 Å². The van der Waals surface area contributed by atoms with Crippen molar-refractivity contribution in [3.05, 3.63) is 200 Å². The van der Waals surface area contributed by atoms with Crippen LogP contribution in [0.15, 0.2) is 200 Å². The van der Waals surface area contributed by atoms with Crippen molar-refractivity contribution in [1.82, 2.24) is 0 Å². The molecule has 0 atom stereocenters. The maximum absolute atomic E-state index is 2.41. The van der Waals surface area contributed by atoms with Crippen molar-refractivity contribution in [1.29, 1.82) is 0 Å². The van der Waals surface area contributed by atoms with Gasteiger partial charge in [-0.3, -0.25) is 0 Å². The topological polar surface area (TPSA) is 3.24 Å². The second-order valence-electron chi connectivity index (χ2n) is 13.3. The van der Waals surface area contributed by atoms with Gasteiger partial charge in [0.15, 0.2) is 0 Å². The number of nitrogens with zero attached hydrogens (tertiary/aromatic N) is 1. The summed E-state index contributed by atoms with van der Waals surface area (Å²) >= 11 is 0. The van der Waals surface area contributed by atoms with Gasteiger partial charge in [-0.1, -0.05) is 176 Å². The molecule has 0 heterocycles. The summed E-state index contributed by atoms with van der Waals surface area (Å²) in [4.78, 5) is 2.41. The van der Waals surface area contributed by atoms with Crippen LogP contribution in [0.2, 0.25) is 0 Å². The molecule has 0 aliphatic heterocycles. The van der Waals surface area contributed by atoms with Gasteiger partial charge in [0.05, 0.1) is 11.4 Å². The van der Waals surface area contributed by atoms with Crippen LogP contribution in [0.25, 0.3) is 76.1 Å². The van der Waals surface area contributed by atoms with E-state index in [2.05, 4.69) is 205 Å². The summed E-state index contributed by atoms with van der Waals surface area (Å²) in [5.41, 5.74) is 8.32. The van der Waals surface area contributed by atoms with Gasteiger partial charge in [-0.15, -0.1) is 0 Å². The Kier molecular flexibility index (Phi) is 6.89. The molecule has 0 aliphatic rings. The van der Waals surface area contributed by atoms with Gasteiger partial charge in [0.1, 0.15) is 0 Å². The largest absolute Gasteiger partial charge is 0.309 e. The zero-order chi connectivity index (χ0) is 33.7. The molecule has 1 heteroatoms. The molecule has 0 N–H and O–H groups in total. The van der Waals surface area contributed by atoms with E-state index in [4.69, 9.17) is 0 Å². The number of rotatable bonds is 5. The van der Waals surface area contributed by atoms with Crippen LogP contribution in [0.1, 0.15) is 0 Å². The fourth-order valence-electron chi connectivity index (χ4n) is 8.06. The minimum Gasteiger partial charge on any atom is -0.309 e. The average Bonchev–Trinajstić information content (AvgIpc) is 3.21. The van der Waals surface area contributed by atoms with E-state index in [0.717, 1.165) is 17.1 Å². The van der Waals surface area contributed by atoms with E-state index in [1.807, 2.05) is 0 Å². The Morgan fingerprint density at radius 3 is 1.18 bits per heavy atom. The molecule has 0 aromatic heterocycles. The summed E-state index contributed by atoms with van der Waals surface area (Å²) < 4.78 is 0. The van der Waals surface area contributed by atoms with Crippen molar-refractivity contribution in [2.75, 3.05) is 4.90 Å². The van der Waals surface area contributed by atoms with Gasteiger partial charge in [-0.05, 0) is 89.6 Å². The van der Waals surface area contributed by atoms with Gasteiger partial charge < -0.3 is 4.90 Å². The van der Waals surface area contributed by atoms with Crippen LogP contribution in [0.4, 0.5) is 17.1 Å². The molecule has 0 amide bonds. The summed E-state index contributed by atoms with van der Waals surface area (Å²) in [5, 5.41) is 12.7. The Balaban J connectivity index is 1.06. The van der Waals surface area contributed by atoms with E-state index in [1.165, 1.54) is 76.1 Å². The summed E-state index contributed by atoms with van der Waals surface area (Å²) in [6.07, 6.45) is 0. The molecule has 238 valence electrons. The van der Waals surface area contributed by atoms with Gasteiger partial charge >= 0.3 is 0 Å². The number of anilines is 3. The lowest BCUT2D eigenvalue weighted by molar-refractivity contribution is 1.31. The lowest BCUT2D eigenvalue weighted by Crippen LogP contribution is -2.11. The highest BCUT2D eigenvalue weighted by atomic mass is 15.1. The molecule has 10 rings (SSSR count). The molecule has 0 aliphatic carbocycles. The normalized spacial score (nSPS) is 11.5. The van der Waals surface area contributed by atoms with E-state index in [-0.39, 0.29) is 0 Å². The Morgan fingerprint density at radius 1 is 0.255 bits per heavy atom. The minimum atomic E-state index is 1.12. The summed E-state index contributed by atoms with van der Waals surface area (Å²) in [5.74, 6) is 0. The zero-order valence-electron chi connectivity index (χ0n) is 28.0. The highest BCUT2D eigenvalue weighted by Crippen LogP contribution is 2.43. The summed E-state index contributed by atoms with van der Waals surface area (Å²) in [7, 11) is 0. The van der Waals surface area contributed by atoms with Gasteiger partial charge in [0, 0.05) is 16.5 Å². The highest BCUT2D eigenvalue weighted by Gasteiger charge is 2.18. The lowest BCUT2D eigenvalue weighted by atomic mass is 9.89. The van der Waals surface area contributed by atoms with Crippen LogP contribution >= 0.6 is 0 Å². The van der Waals surface area contributed by atoms with Gasteiger partial charge in [-0.2, -0.15) is 0 Å². The predicted molar refractivity (Wildman–Crippen MR) is 220 cm³/mol. The lowest BCUT2D eigenvalue weighted by Gasteiger charge is -2.28. The molecule has 0 bridgehead atoms. The SMILES string of the molecule is c1ccc2c(N(c3ccc(-c4ccc(-c5cccc6c7ccccc7c7ccccc7c56)cc4)cc3)c3cccc4ccccc34)cccc2c1. The first-order valence-corrected chi connectivity index (χ1v) is 17.6. The van der Waals surface area contributed by atoms with E-state index in [9.17, 15) is 0 Å². The zero-order valence-corrected chi connectivity index (χ0v) is 28.0. The van der Waals surface area contributed by atoms with Crippen LogP contribution in [0.3, 0.4) is 0 Å². The molecule has 0 spiro atoms. The maximum Gasteiger partial charge on any atom is 0.0540 e. The molecule has 0 saturated heterocycles. The molecule has 1 nitrogen and oxygen atoms in total. The fourth-order valence-corrected chi connectivity index (χ4v) is 8.06. The standard InChI is InChI=1S/C50H33N/c1-3-16-40-36(12-1)14-9-24-48(40)51(49-25-10-15-37-13-2-4-17-41(37)49)39-32-30-35(31-33-39)34-26-28-38(29-27-34)42-22-11-23-47-45-19-6-5-18-43(45)44-20-7-8-21-46(44)50(42)47/h1-33H. The average molecular weight is 648 g/mol. The highest BCUT2D eigenvalue weighted by molar-refractivity contribution is 6.28. The van der Waals surface area contributed by atoms with Crippen molar-refractivity contribution >= 4 is 70.9 Å². The number of hydrogen-bond donors (Lipinski definition) is 0. The van der Waals surface area contributed by atoms with Gasteiger partial charge in [0.2, 0.25) is 0 Å². The third-order valence-corrected chi connectivity index (χ3v) is 10.4. The molecule has 51 heavy (non-hydrogen) atoms. The monoisotopic (exact) mass is 647 g/mol. The number of benzene rings is 10. The Morgan fingerprint density at radius 2 is 0.627 bits per heavy atom. The second-order valence-corrected chi connectivity index (χ2v) is 13.3. The first-order valence-electron chi connectivity index (χ1n) is 17.6. The fraction of sp³-hybridized carbons (Fsp3) is 0. The second kappa shape index (κ2) is 12.0. The van der Waals surface area contributed by atoms with Gasteiger partial charge in [-0.25, -0.2) is 0 Å². The van der Waals surface area contributed by atoms with Crippen LogP contribution in [-0.4, -0.2) is 0 Å². The Labute approximate surface area is 297 Å². The summed E-state index contributed by atoms with van der Waals surface area (Å²) in [6.45, 7) is 0. The van der Waals surface area contributed by atoms with Crippen LogP contribution in [-0.2, 0) is 0 Å². The molecular formula is C50H33N. The third kappa shape index (κ3) is 4.86. The van der Waals surface area contributed by atoms with Crippen molar-refractivity contribution < 1.29 is 0 Å². The van der Waals surface area contributed by atoms with E-state index in [1.54, 1.807) is 0 Å². The quantitative estimate of drug-likeness (QED) is 0.168. The first-order chi connectivity index (χ1) is 25.3. The molecule has 0 saturated carbocycles. The summed E-state index contributed by atoms with van der Waals surface area (Å²) in [6, 6.07) is 72.9. The molecule has 0 unspecified atom stereocenters. The Bertz CT molecular complexity index is 2770. The smallest absolute Gasteiger partial charge is 0.0540 e. The molecular weight excluding hydrogens is 615 g/mol. The molecule has 0 fully saturated rings. The molecule has 0 radical (unpaired) electrons. The van der Waals surface area contributed by atoms with Crippen molar-refractivity contribution in [2.24, 2.45) is 0 Å². The predicted octanol–water partition coefficient (Wildman–Crippen LogP) is 14.3. The van der Waals surface area contributed by atoms with E-state index < -0.39 is 0 Å². The van der Waals surface area contributed by atoms with Crippen LogP contribution < -0.4 is 4.90 Å². The minimum absolute atomic E-state index is 1.12. The van der Waals surface area contributed by atoms with Crippen molar-refractivity contribution in [3.8, 4) is 22.3 Å². The third-order valence-electron chi connectivity index (χ3n) is 10.4. The Hall–Kier alpha value is -6.70. The number of fused-ring (bicyclic) bond motifs is 8. The first kappa shape index (κ1) is 29.2. The van der Waals surface area contributed by atoms with Crippen molar-refractivity contribution in [2.45, 2.75) is 0 Å². The molecule has 10 aromatic rings. The maximum atomic E-state index is 2.41. The van der Waals surface area contributed by atoms with E-state index >= 15 is 0 Å². The van der Waals surface area contributed by atoms with Gasteiger partial charge in [0.25, 0.3) is 0 Å². The number of hydrogen-bond acceptors (Lipinski definition) is 1.